The minimum absolute atomic E-state index is 0.399. The molecule has 0 fully saturated rings. The molecule has 0 aliphatic carbocycles. The van der Waals surface area contributed by atoms with Crippen molar-refractivity contribution in [2.75, 3.05) is 0 Å². The number of aliphatic hydroxyl groups excluding tert-OH is 1. The van der Waals surface area contributed by atoms with E-state index in [1.54, 1.807) is 12.4 Å². The van der Waals surface area contributed by atoms with Gasteiger partial charge in [-0.15, -0.1) is 0 Å². The molecule has 1 unspecified atom stereocenters. The summed E-state index contributed by atoms with van der Waals surface area (Å²) >= 11 is 0. The van der Waals surface area contributed by atoms with Crippen molar-refractivity contribution in [2.45, 2.75) is 19.4 Å². The Morgan fingerprint density at radius 3 is 2.75 bits per heavy atom. The van der Waals surface area contributed by atoms with E-state index in [-0.39, 0.29) is 0 Å². The molecule has 0 amide bonds. The van der Waals surface area contributed by atoms with E-state index >= 15 is 0 Å². The molecular weight excluding hydrogens is 150 g/mol. The lowest BCUT2D eigenvalue weighted by molar-refractivity contribution is 0.181. The Morgan fingerprint density at radius 1 is 1.50 bits per heavy atom. The van der Waals surface area contributed by atoms with Crippen molar-refractivity contribution >= 4 is 0 Å². The van der Waals surface area contributed by atoms with Gasteiger partial charge in [0.1, 0.15) is 0 Å². The Balaban J connectivity index is 2.59. The van der Waals surface area contributed by atoms with Gasteiger partial charge in [0.25, 0.3) is 0 Å². The van der Waals surface area contributed by atoms with E-state index in [9.17, 15) is 5.11 Å². The predicted molar refractivity (Wildman–Crippen MR) is 48.6 cm³/mol. The van der Waals surface area contributed by atoms with Gasteiger partial charge in [-0.3, -0.25) is 4.98 Å². The first-order valence-electron chi connectivity index (χ1n) is 4.03. The molecule has 0 aromatic carbocycles. The third-order valence-corrected chi connectivity index (χ3v) is 1.69. The molecule has 2 heteroatoms. The number of hydrogen-bond acceptors (Lipinski definition) is 2. The zero-order valence-electron chi connectivity index (χ0n) is 7.14. The van der Waals surface area contributed by atoms with Crippen molar-refractivity contribution in [3.63, 3.8) is 0 Å². The fraction of sp³-hybridized carbons (Fsp3) is 0.300. The Bertz CT molecular complexity index is 243. The van der Waals surface area contributed by atoms with Gasteiger partial charge >= 0.3 is 0 Å². The molecule has 12 heavy (non-hydrogen) atoms. The molecule has 0 saturated carbocycles. The molecular formula is C10H13NO. The molecule has 1 aromatic rings. The highest BCUT2D eigenvalue weighted by Gasteiger charge is 2.02. The first-order chi connectivity index (χ1) is 5.84. The Morgan fingerprint density at radius 2 is 2.17 bits per heavy atom. The maximum atomic E-state index is 9.57. The van der Waals surface area contributed by atoms with Gasteiger partial charge in [-0.25, -0.2) is 0 Å². The lowest BCUT2D eigenvalue weighted by Gasteiger charge is -2.06. The Kier molecular flexibility index (Phi) is 3.48. The summed E-state index contributed by atoms with van der Waals surface area (Å²) in [4.78, 5) is 3.88. The van der Waals surface area contributed by atoms with Crippen LogP contribution in [0.2, 0.25) is 0 Å². The lowest BCUT2D eigenvalue weighted by atomic mass is 10.1. The molecule has 0 aliphatic heterocycles. The second-order valence-electron chi connectivity index (χ2n) is 2.60. The molecule has 1 atom stereocenters. The molecule has 0 radical (unpaired) electrons. The molecule has 0 saturated heterocycles. The molecule has 1 heterocycles. The molecule has 0 spiro atoms. The molecule has 1 rings (SSSR count). The summed E-state index contributed by atoms with van der Waals surface area (Å²) in [5.41, 5.74) is 0.920. The Labute approximate surface area is 72.6 Å². The van der Waals surface area contributed by atoms with Gasteiger partial charge in [0.05, 0.1) is 6.10 Å². The van der Waals surface area contributed by atoms with Gasteiger partial charge in [0.15, 0.2) is 0 Å². The van der Waals surface area contributed by atoms with Crippen LogP contribution in [0.15, 0.2) is 36.7 Å². The van der Waals surface area contributed by atoms with Crippen LogP contribution in [0.3, 0.4) is 0 Å². The van der Waals surface area contributed by atoms with Crippen LogP contribution in [0.25, 0.3) is 0 Å². The van der Waals surface area contributed by atoms with Gasteiger partial charge in [-0.05, 0) is 31.0 Å². The van der Waals surface area contributed by atoms with Gasteiger partial charge in [-0.1, -0.05) is 12.2 Å². The SMILES string of the molecule is C/C=C/CC(O)c1ccncc1. The number of pyridine rings is 1. The topological polar surface area (TPSA) is 33.1 Å². The largest absolute Gasteiger partial charge is 0.388 e. The van der Waals surface area contributed by atoms with Crippen molar-refractivity contribution in [2.24, 2.45) is 0 Å². The van der Waals surface area contributed by atoms with Crippen molar-refractivity contribution in [3.05, 3.63) is 42.2 Å². The number of aliphatic hydroxyl groups is 1. The highest BCUT2D eigenvalue weighted by molar-refractivity contribution is 5.13. The molecule has 64 valence electrons. The highest BCUT2D eigenvalue weighted by Crippen LogP contribution is 2.15. The number of nitrogens with zero attached hydrogens (tertiary/aromatic N) is 1. The third kappa shape index (κ3) is 2.47. The summed E-state index contributed by atoms with van der Waals surface area (Å²) in [5, 5.41) is 9.57. The van der Waals surface area contributed by atoms with Crippen LogP contribution in [0.4, 0.5) is 0 Å². The van der Waals surface area contributed by atoms with E-state index in [0.717, 1.165) is 5.56 Å². The molecule has 1 N–H and O–H groups in total. The van der Waals surface area contributed by atoms with E-state index < -0.39 is 6.10 Å². The van der Waals surface area contributed by atoms with Gasteiger partial charge in [0.2, 0.25) is 0 Å². The normalized spacial score (nSPS) is 13.5. The standard InChI is InChI=1S/C10H13NO/c1-2-3-4-10(12)9-5-7-11-8-6-9/h2-3,5-8,10,12H,4H2,1H3/b3-2+. The quantitative estimate of drug-likeness (QED) is 0.692. The van der Waals surface area contributed by atoms with Crippen LogP contribution in [0.1, 0.15) is 25.0 Å². The van der Waals surface area contributed by atoms with Gasteiger partial charge < -0.3 is 5.11 Å². The average Bonchev–Trinajstić information content (AvgIpc) is 2.15. The predicted octanol–water partition coefficient (Wildman–Crippen LogP) is 2.08. The molecule has 0 bridgehead atoms. The number of rotatable bonds is 3. The van der Waals surface area contributed by atoms with Crippen molar-refractivity contribution in [3.8, 4) is 0 Å². The summed E-state index contributed by atoms with van der Waals surface area (Å²) in [7, 11) is 0. The van der Waals surface area contributed by atoms with Crippen LogP contribution in [-0.4, -0.2) is 10.1 Å². The third-order valence-electron chi connectivity index (χ3n) is 1.69. The van der Waals surface area contributed by atoms with Crippen LogP contribution < -0.4 is 0 Å². The number of aromatic nitrogens is 1. The average molecular weight is 163 g/mol. The van der Waals surface area contributed by atoms with E-state index in [1.165, 1.54) is 0 Å². The Hall–Kier alpha value is -1.15. The molecule has 0 aliphatic rings. The molecule has 2 nitrogen and oxygen atoms in total. The van der Waals surface area contributed by atoms with Gasteiger partial charge in [-0.2, -0.15) is 0 Å². The van der Waals surface area contributed by atoms with Crippen LogP contribution in [0, 0.1) is 0 Å². The van der Waals surface area contributed by atoms with E-state index in [1.807, 2.05) is 31.2 Å². The summed E-state index contributed by atoms with van der Waals surface area (Å²) in [6.07, 6.45) is 7.53. The van der Waals surface area contributed by atoms with E-state index in [2.05, 4.69) is 4.98 Å². The second-order valence-corrected chi connectivity index (χ2v) is 2.60. The van der Waals surface area contributed by atoms with Crippen molar-refractivity contribution in [1.82, 2.24) is 4.98 Å². The molecule has 1 aromatic heterocycles. The van der Waals surface area contributed by atoms with Gasteiger partial charge in [0, 0.05) is 12.4 Å². The summed E-state index contributed by atoms with van der Waals surface area (Å²) < 4.78 is 0. The van der Waals surface area contributed by atoms with E-state index in [4.69, 9.17) is 0 Å². The number of hydrogen-bond donors (Lipinski definition) is 1. The maximum Gasteiger partial charge on any atom is 0.0825 e. The number of allylic oxidation sites excluding steroid dienone is 1. The zero-order chi connectivity index (χ0) is 8.81. The smallest absolute Gasteiger partial charge is 0.0825 e. The summed E-state index contributed by atoms with van der Waals surface area (Å²) in [6.45, 7) is 1.94. The maximum absolute atomic E-state index is 9.57. The summed E-state index contributed by atoms with van der Waals surface area (Å²) in [5.74, 6) is 0. The van der Waals surface area contributed by atoms with Crippen LogP contribution in [-0.2, 0) is 0 Å². The lowest BCUT2D eigenvalue weighted by Crippen LogP contribution is -1.94. The fourth-order valence-electron chi connectivity index (χ4n) is 0.987. The van der Waals surface area contributed by atoms with Crippen LogP contribution in [0.5, 0.6) is 0 Å². The first-order valence-corrected chi connectivity index (χ1v) is 4.03. The van der Waals surface area contributed by atoms with E-state index in [0.29, 0.717) is 6.42 Å². The first kappa shape index (κ1) is 8.94. The van der Waals surface area contributed by atoms with Crippen molar-refractivity contribution in [1.29, 1.82) is 0 Å². The highest BCUT2D eigenvalue weighted by atomic mass is 16.3. The monoisotopic (exact) mass is 163 g/mol. The zero-order valence-corrected chi connectivity index (χ0v) is 7.14. The van der Waals surface area contributed by atoms with Crippen LogP contribution >= 0.6 is 0 Å². The summed E-state index contributed by atoms with van der Waals surface area (Å²) in [6, 6.07) is 3.66. The minimum Gasteiger partial charge on any atom is -0.388 e. The minimum atomic E-state index is -0.399. The van der Waals surface area contributed by atoms with Crippen molar-refractivity contribution < 1.29 is 5.11 Å². The fourth-order valence-corrected chi connectivity index (χ4v) is 0.987. The second kappa shape index (κ2) is 4.67.